The molecule has 0 fully saturated rings. The Labute approximate surface area is 173 Å². The maximum absolute atomic E-state index is 12.4. The highest BCUT2D eigenvalue weighted by molar-refractivity contribution is 6.35. The van der Waals surface area contributed by atoms with Gasteiger partial charge < -0.3 is 10.1 Å². The second kappa shape index (κ2) is 10.5. The highest BCUT2D eigenvalue weighted by atomic mass is 35.5. The lowest BCUT2D eigenvalue weighted by molar-refractivity contribution is -0.112. The van der Waals surface area contributed by atoms with Crippen LogP contribution < -0.4 is 5.32 Å². The largest absolute Gasteiger partial charge is 0.462 e. The van der Waals surface area contributed by atoms with Gasteiger partial charge in [0.25, 0.3) is 5.91 Å². The first-order valence-corrected chi connectivity index (χ1v) is 9.35. The lowest BCUT2D eigenvalue weighted by atomic mass is 10.1. The molecule has 2 aromatic carbocycles. The molecule has 28 heavy (non-hydrogen) atoms. The smallest absolute Gasteiger partial charge is 0.338 e. The number of hydrogen-bond donors (Lipinski definition) is 1. The Balaban J connectivity index is 2.07. The van der Waals surface area contributed by atoms with Crippen molar-refractivity contribution in [2.24, 2.45) is 0 Å². The molecule has 144 valence electrons. The Bertz CT molecular complexity index is 932. The van der Waals surface area contributed by atoms with Crippen LogP contribution >= 0.6 is 23.2 Å². The van der Waals surface area contributed by atoms with E-state index >= 15 is 0 Å². The quantitative estimate of drug-likeness (QED) is 0.279. The molecule has 1 N–H and O–H groups in total. The number of nitriles is 1. The maximum Gasteiger partial charge on any atom is 0.338 e. The van der Waals surface area contributed by atoms with Crippen molar-refractivity contribution in [2.45, 2.75) is 19.8 Å². The fourth-order valence-corrected chi connectivity index (χ4v) is 2.67. The third kappa shape index (κ3) is 6.12. The van der Waals surface area contributed by atoms with Gasteiger partial charge in [0.2, 0.25) is 0 Å². The number of carbonyl (C=O) groups is 2. The van der Waals surface area contributed by atoms with Crippen LogP contribution in [0.1, 0.15) is 35.7 Å². The highest BCUT2D eigenvalue weighted by Crippen LogP contribution is 2.23. The highest BCUT2D eigenvalue weighted by Gasteiger charge is 2.12. The van der Waals surface area contributed by atoms with E-state index < -0.39 is 11.9 Å². The second-order valence-corrected chi connectivity index (χ2v) is 6.70. The average Bonchev–Trinajstić information content (AvgIpc) is 2.68. The van der Waals surface area contributed by atoms with Gasteiger partial charge in [0.15, 0.2) is 0 Å². The number of rotatable bonds is 7. The van der Waals surface area contributed by atoms with Crippen LogP contribution in [0.5, 0.6) is 0 Å². The summed E-state index contributed by atoms with van der Waals surface area (Å²) in [5, 5.41) is 12.7. The van der Waals surface area contributed by atoms with Crippen LogP contribution in [-0.2, 0) is 9.53 Å². The van der Waals surface area contributed by atoms with E-state index in [9.17, 15) is 14.9 Å². The zero-order chi connectivity index (χ0) is 20.5. The summed E-state index contributed by atoms with van der Waals surface area (Å²) in [6.45, 7) is 2.38. The molecule has 7 heteroatoms. The summed E-state index contributed by atoms with van der Waals surface area (Å²) >= 11 is 11.9. The standard InChI is InChI=1S/C21H18Cl2N2O3/c1-2-3-10-28-21(27)14-5-8-18(9-6-14)25-20(26)16(13-24)11-15-4-7-17(22)12-19(15)23/h4-9,11-12H,2-3,10H2,1H3,(H,25,26). The van der Waals surface area contributed by atoms with Gasteiger partial charge in [-0.1, -0.05) is 42.6 Å². The minimum atomic E-state index is -0.591. The summed E-state index contributed by atoms with van der Waals surface area (Å²) in [7, 11) is 0. The fourth-order valence-electron chi connectivity index (χ4n) is 2.20. The van der Waals surface area contributed by atoms with Crippen LogP contribution in [0.3, 0.4) is 0 Å². The first-order chi connectivity index (χ1) is 13.4. The molecule has 0 aliphatic carbocycles. The Kier molecular flexibility index (Phi) is 8.06. The molecule has 0 radical (unpaired) electrons. The van der Waals surface area contributed by atoms with Gasteiger partial charge in [-0.05, 0) is 54.5 Å². The summed E-state index contributed by atoms with van der Waals surface area (Å²) in [5.41, 5.74) is 1.21. The molecule has 5 nitrogen and oxygen atoms in total. The molecule has 0 aliphatic rings. The number of halogens is 2. The van der Waals surface area contributed by atoms with E-state index in [1.165, 1.54) is 12.1 Å². The van der Waals surface area contributed by atoms with E-state index in [-0.39, 0.29) is 5.57 Å². The topological polar surface area (TPSA) is 79.2 Å². The molecule has 0 saturated carbocycles. The number of nitrogens with one attached hydrogen (secondary N) is 1. The van der Waals surface area contributed by atoms with Crippen LogP contribution in [0.25, 0.3) is 6.08 Å². The van der Waals surface area contributed by atoms with Gasteiger partial charge in [-0.3, -0.25) is 4.79 Å². The molecular formula is C21H18Cl2N2O3. The van der Waals surface area contributed by atoms with Crippen molar-refractivity contribution in [1.82, 2.24) is 0 Å². The van der Waals surface area contributed by atoms with Crippen LogP contribution in [0.2, 0.25) is 10.0 Å². The number of nitrogens with zero attached hydrogens (tertiary/aromatic N) is 1. The molecule has 2 aromatic rings. The summed E-state index contributed by atoms with van der Waals surface area (Å²) in [6, 6.07) is 12.9. The van der Waals surface area contributed by atoms with Crippen LogP contribution in [0.15, 0.2) is 48.0 Å². The third-order valence-corrected chi connectivity index (χ3v) is 4.30. The van der Waals surface area contributed by atoms with Crippen molar-refractivity contribution in [2.75, 3.05) is 11.9 Å². The zero-order valence-corrected chi connectivity index (χ0v) is 16.7. The van der Waals surface area contributed by atoms with Crippen molar-refractivity contribution in [3.8, 4) is 6.07 Å². The minimum Gasteiger partial charge on any atom is -0.462 e. The molecule has 0 heterocycles. The van der Waals surface area contributed by atoms with E-state index in [4.69, 9.17) is 27.9 Å². The second-order valence-electron chi connectivity index (χ2n) is 5.86. The van der Waals surface area contributed by atoms with Gasteiger partial charge >= 0.3 is 5.97 Å². The van der Waals surface area contributed by atoms with E-state index in [1.807, 2.05) is 13.0 Å². The van der Waals surface area contributed by atoms with Crippen molar-refractivity contribution >= 4 is 46.8 Å². The summed E-state index contributed by atoms with van der Waals surface area (Å²) < 4.78 is 5.13. The predicted molar refractivity (Wildman–Crippen MR) is 110 cm³/mol. The molecule has 0 unspecified atom stereocenters. The molecule has 0 bridgehead atoms. The van der Waals surface area contributed by atoms with Gasteiger partial charge in [0.05, 0.1) is 12.2 Å². The number of benzene rings is 2. The molecular weight excluding hydrogens is 399 g/mol. The van der Waals surface area contributed by atoms with E-state index in [0.717, 1.165) is 12.8 Å². The predicted octanol–water partition coefficient (Wildman–Crippen LogP) is 5.50. The van der Waals surface area contributed by atoms with Crippen LogP contribution in [-0.4, -0.2) is 18.5 Å². The molecule has 0 saturated heterocycles. The monoisotopic (exact) mass is 416 g/mol. The minimum absolute atomic E-state index is 0.118. The van der Waals surface area contributed by atoms with Crippen LogP contribution in [0, 0.1) is 11.3 Å². The van der Waals surface area contributed by atoms with E-state index in [0.29, 0.717) is 33.5 Å². The number of hydrogen-bond acceptors (Lipinski definition) is 4. The number of anilines is 1. The lowest BCUT2D eigenvalue weighted by Crippen LogP contribution is -2.13. The van der Waals surface area contributed by atoms with Gasteiger partial charge in [-0.25, -0.2) is 4.79 Å². The van der Waals surface area contributed by atoms with Crippen LogP contribution in [0.4, 0.5) is 5.69 Å². The average molecular weight is 417 g/mol. The van der Waals surface area contributed by atoms with Crippen molar-refractivity contribution < 1.29 is 14.3 Å². The molecule has 0 atom stereocenters. The summed E-state index contributed by atoms with van der Waals surface area (Å²) in [5.74, 6) is -1.01. The van der Waals surface area contributed by atoms with E-state index in [2.05, 4.69) is 5.32 Å². The number of esters is 1. The fraction of sp³-hybridized carbons (Fsp3) is 0.190. The van der Waals surface area contributed by atoms with E-state index in [1.54, 1.807) is 36.4 Å². The molecule has 0 spiro atoms. The SMILES string of the molecule is CCCCOC(=O)c1ccc(NC(=O)C(C#N)=Cc2ccc(Cl)cc2Cl)cc1. The van der Waals surface area contributed by atoms with Gasteiger partial charge in [-0.15, -0.1) is 0 Å². The Hall–Kier alpha value is -2.81. The first kappa shape index (κ1) is 21.5. The number of unbranched alkanes of at least 4 members (excludes halogenated alkanes) is 1. The number of ether oxygens (including phenoxy) is 1. The molecule has 2 rings (SSSR count). The number of carbonyl (C=O) groups excluding carboxylic acids is 2. The summed E-state index contributed by atoms with van der Waals surface area (Å²) in [4.78, 5) is 24.2. The Morgan fingerprint density at radius 3 is 2.50 bits per heavy atom. The van der Waals surface area contributed by atoms with Crippen molar-refractivity contribution in [3.63, 3.8) is 0 Å². The van der Waals surface area contributed by atoms with Crippen molar-refractivity contribution in [1.29, 1.82) is 5.26 Å². The lowest BCUT2D eigenvalue weighted by Gasteiger charge is -2.07. The third-order valence-electron chi connectivity index (χ3n) is 3.74. The Morgan fingerprint density at radius 2 is 1.89 bits per heavy atom. The molecule has 0 aliphatic heterocycles. The molecule has 1 amide bonds. The zero-order valence-electron chi connectivity index (χ0n) is 15.2. The Morgan fingerprint density at radius 1 is 1.18 bits per heavy atom. The maximum atomic E-state index is 12.4. The van der Waals surface area contributed by atoms with Crippen molar-refractivity contribution in [3.05, 3.63) is 69.2 Å². The number of amides is 1. The van der Waals surface area contributed by atoms with Gasteiger partial charge in [0.1, 0.15) is 11.6 Å². The molecule has 0 aromatic heterocycles. The van der Waals surface area contributed by atoms with Gasteiger partial charge in [-0.2, -0.15) is 5.26 Å². The normalized spacial score (nSPS) is 10.9. The summed E-state index contributed by atoms with van der Waals surface area (Å²) in [6.07, 6.45) is 3.13. The van der Waals surface area contributed by atoms with Gasteiger partial charge in [0, 0.05) is 15.7 Å². The first-order valence-electron chi connectivity index (χ1n) is 8.60.